The van der Waals surface area contributed by atoms with Gasteiger partial charge in [0.15, 0.2) is 5.78 Å². The second kappa shape index (κ2) is 6.36. The first-order valence-corrected chi connectivity index (χ1v) is 10.7. The molecule has 142 valence electrons. The lowest BCUT2D eigenvalue weighted by Crippen LogP contribution is -2.39. The van der Waals surface area contributed by atoms with Gasteiger partial charge in [0.25, 0.3) is 0 Å². The van der Waals surface area contributed by atoms with E-state index in [1.807, 2.05) is 6.08 Å². The summed E-state index contributed by atoms with van der Waals surface area (Å²) in [4.78, 5) is 11.9. The molecule has 0 aromatic heterocycles. The summed E-state index contributed by atoms with van der Waals surface area (Å²) in [7, 11) is 1.80. The van der Waals surface area contributed by atoms with Gasteiger partial charge in [-0.05, 0) is 97.0 Å². The highest BCUT2D eigenvalue weighted by molar-refractivity contribution is 5.93. The maximum atomic E-state index is 11.9. The minimum atomic E-state index is 0.338. The summed E-state index contributed by atoms with van der Waals surface area (Å²) in [5.41, 5.74) is 6.47. The third-order valence-electron chi connectivity index (χ3n) is 8.25. The molecular weight excluding hydrogens is 332 g/mol. The molecule has 1 aromatic carbocycles. The zero-order valence-electron chi connectivity index (χ0n) is 16.6. The first-order chi connectivity index (χ1) is 13.1. The van der Waals surface area contributed by atoms with Gasteiger partial charge in [0, 0.05) is 6.42 Å². The molecule has 4 atom stereocenters. The topological polar surface area (TPSA) is 26.3 Å². The Morgan fingerprint density at radius 2 is 1.89 bits per heavy atom. The van der Waals surface area contributed by atoms with Crippen molar-refractivity contribution in [2.75, 3.05) is 7.11 Å². The van der Waals surface area contributed by atoms with Crippen molar-refractivity contribution in [1.29, 1.82) is 0 Å². The second-order valence-electron chi connectivity index (χ2n) is 9.27. The third-order valence-corrected chi connectivity index (χ3v) is 8.25. The number of hydrogen-bond donors (Lipinski definition) is 0. The highest BCUT2D eigenvalue weighted by atomic mass is 16.5. The SMILES string of the molecule is COc1ccccc1[C@@H]1CC[C@H]2[C@@H]3CCC4=CC(=O)CCC4=C3CC[C@]12C. The van der Waals surface area contributed by atoms with Crippen LogP contribution in [0.5, 0.6) is 5.75 Å². The molecule has 4 aliphatic carbocycles. The molecule has 0 spiro atoms. The number of ketones is 1. The van der Waals surface area contributed by atoms with Crippen molar-refractivity contribution >= 4 is 5.78 Å². The van der Waals surface area contributed by atoms with Gasteiger partial charge in [-0.3, -0.25) is 4.79 Å². The minimum absolute atomic E-state index is 0.338. The van der Waals surface area contributed by atoms with E-state index in [9.17, 15) is 4.79 Å². The van der Waals surface area contributed by atoms with Gasteiger partial charge in [0.1, 0.15) is 5.75 Å². The van der Waals surface area contributed by atoms with E-state index in [-0.39, 0.29) is 0 Å². The molecular formula is C25H30O2. The number of carbonyl (C=O) groups excluding carboxylic acids is 1. The summed E-state index contributed by atoms with van der Waals surface area (Å²) >= 11 is 0. The van der Waals surface area contributed by atoms with Crippen molar-refractivity contribution in [1.82, 2.24) is 0 Å². The molecule has 2 fully saturated rings. The Morgan fingerprint density at radius 1 is 1.04 bits per heavy atom. The Morgan fingerprint density at radius 3 is 2.74 bits per heavy atom. The quantitative estimate of drug-likeness (QED) is 0.646. The number of hydrogen-bond acceptors (Lipinski definition) is 2. The average molecular weight is 363 g/mol. The van der Waals surface area contributed by atoms with E-state index in [4.69, 9.17) is 4.74 Å². The maximum absolute atomic E-state index is 11.9. The molecule has 4 aliphatic rings. The van der Waals surface area contributed by atoms with E-state index < -0.39 is 0 Å². The van der Waals surface area contributed by atoms with Crippen LogP contribution >= 0.6 is 0 Å². The van der Waals surface area contributed by atoms with Gasteiger partial charge < -0.3 is 4.74 Å². The number of fused-ring (bicyclic) bond motifs is 4. The van der Waals surface area contributed by atoms with E-state index in [0.29, 0.717) is 17.1 Å². The molecule has 2 heteroatoms. The van der Waals surface area contributed by atoms with E-state index in [1.54, 1.807) is 18.3 Å². The molecule has 0 N–H and O–H groups in total. The molecule has 0 saturated heterocycles. The van der Waals surface area contributed by atoms with Crippen LogP contribution in [0, 0.1) is 17.3 Å². The molecule has 2 nitrogen and oxygen atoms in total. The predicted molar refractivity (Wildman–Crippen MR) is 108 cm³/mol. The highest BCUT2D eigenvalue weighted by Crippen LogP contribution is 2.65. The summed E-state index contributed by atoms with van der Waals surface area (Å²) in [6.07, 6.45) is 11.2. The summed E-state index contributed by atoms with van der Waals surface area (Å²) < 4.78 is 5.72. The standard InChI is InChI=1S/C25H30O2/c1-25-14-13-19-18-10-8-17(26)15-16(18)7-9-20(19)22(25)11-12-23(25)21-5-3-4-6-24(21)27-2/h3-6,15,20,22-23H,7-14H2,1-2H3/t20-,22+,23+,25+/m1/s1. The van der Waals surface area contributed by atoms with Crippen molar-refractivity contribution in [2.45, 2.75) is 64.2 Å². The predicted octanol–water partition coefficient (Wildman–Crippen LogP) is 5.98. The van der Waals surface area contributed by atoms with E-state index in [0.717, 1.165) is 36.8 Å². The molecule has 2 saturated carbocycles. The van der Waals surface area contributed by atoms with E-state index >= 15 is 0 Å². The molecule has 0 amide bonds. The first kappa shape index (κ1) is 17.3. The number of rotatable bonds is 2. The van der Waals surface area contributed by atoms with Crippen LogP contribution in [-0.2, 0) is 4.79 Å². The van der Waals surface area contributed by atoms with Gasteiger partial charge in [-0.1, -0.05) is 30.7 Å². The Labute approximate surface area is 162 Å². The Bertz CT molecular complexity index is 846. The van der Waals surface area contributed by atoms with Gasteiger partial charge >= 0.3 is 0 Å². The summed E-state index contributed by atoms with van der Waals surface area (Å²) in [6, 6.07) is 8.67. The summed E-state index contributed by atoms with van der Waals surface area (Å²) in [5.74, 6) is 3.53. The zero-order chi connectivity index (χ0) is 18.6. The minimum Gasteiger partial charge on any atom is -0.496 e. The van der Waals surface area contributed by atoms with Crippen LogP contribution in [0.4, 0.5) is 0 Å². The van der Waals surface area contributed by atoms with Crippen LogP contribution in [0.25, 0.3) is 0 Å². The van der Waals surface area contributed by atoms with Crippen LogP contribution < -0.4 is 4.74 Å². The Kier molecular flexibility index (Phi) is 4.07. The number of methoxy groups -OCH3 is 1. The maximum Gasteiger partial charge on any atom is 0.156 e. The largest absolute Gasteiger partial charge is 0.496 e. The number of para-hydroxylation sites is 1. The number of ether oxygens (including phenoxy) is 1. The smallest absolute Gasteiger partial charge is 0.156 e. The van der Waals surface area contributed by atoms with Crippen LogP contribution in [0.2, 0.25) is 0 Å². The normalized spacial score (nSPS) is 35.3. The van der Waals surface area contributed by atoms with Crippen LogP contribution in [0.1, 0.15) is 69.8 Å². The zero-order valence-corrected chi connectivity index (χ0v) is 16.6. The van der Waals surface area contributed by atoms with Crippen LogP contribution in [0.15, 0.2) is 47.1 Å². The Balaban J connectivity index is 1.51. The van der Waals surface area contributed by atoms with Crippen molar-refractivity contribution < 1.29 is 9.53 Å². The van der Waals surface area contributed by atoms with Crippen molar-refractivity contribution in [3.8, 4) is 5.75 Å². The lowest BCUT2D eigenvalue weighted by Gasteiger charge is -2.49. The fraction of sp³-hybridized carbons (Fsp3) is 0.560. The Hall–Kier alpha value is -1.83. The van der Waals surface area contributed by atoms with Gasteiger partial charge in [-0.2, -0.15) is 0 Å². The van der Waals surface area contributed by atoms with Crippen molar-refractivity contribution in [2.24, 2.45) is 17.3 Å². The molecule has 0 aliphatic heterocycles. The molecule has 0 heterocycles. The second-order valence-corrected chi connectivity index (χ2v) is 9.27. The van der Waals surface area contributed by atoms with Gasteiger partial charge in [0.05, 0.1) is 7.11 Å². The lowest BCUT2D eigenvalue weighted by molar-refractivity contribution is -0.114. The fourth-order valence-electron chi connectivity index (χ4n) is 7.00. The summed E-state index contributed by atoms with van der Waals surface area (Å²) in [5, 5.41) is 0. The molecule has 0 bridgehead atoms. The van der Waals surface area contributed by atoms with Crippen LogP contribution in [0.3, 0.4) is 0 Å². The molecule has 5 rings (SSSR count). The highest BCUT2D eigenvalue weighted by Gasteiger charge is 2.54. The monoisotopic (exact) mass is 362 g/mol. The third kappa shape index (κ3) is 2.56. The average Bonchev–Trinajstić information content (AvgIpc) is 3.04. The first-order valence-electron chi connectivity index (χ1n) is 10.7. The molecule has 0 unspecified atom stereocenters. The van der Waals surface area contributed by atoms with Crippen molar-refractivity contribution in [3.05, 3.63) is 52.6 Å². The van der Waals surface area contributed by atoms with E-state index in [2.05, 4.69) is 31.2 Å². The molecule has 0 radical (unpaired) electrons. The van der Waals surface area contributed by atoms with E-state index in [1.165, 1.54) is 43.2 Å². The number of benzene rings is 1. The van der Waals surface area contributed by atoms with Crippen molar-refractivity contribution in [3.63, 3.8) is 0 Å². The molecule has 1 aromatic rings. The van der Waals surface area contributed by atoms with Gasteiger partial charge in [-0.25, -0.2) is 0 Å². The number of carbonyl (C=O) groups is 1. The van der Waals surface area contributed by atoms with Crippen LogP contribution in [-0.4, -0.2) is 12.9 Å². The lowest BCUT2D eigenvalue weighted by atomic mass is 9.55. The molecule has 27 heavy (non-hydrogen) atoms. The number of allylic oxidation sites excluding steroid dienone is 4. The van der Waals surface area contributed by atoms with Gasteiger partial charge in [0.2, 0.25) is 0 Å². The fourth-order valence-corrected chi connectivity index (χ4v) is 7.00. The summed E-state index contributed by atoms with van der Waals surface area (Å²) in [6.45, 7) is 2.55. The van der Waals surface area contributed by atoms with Gasteiger partial charge in [-0.15, -0.1) is 0 Å².